The first-order chi connectivity index (χ1) is 4.76. The second-order valence-electron chi connectivity index (χ2n) is 1.67. The zero-order chi connectivity index (χ0) is 7.98. The van der Waals surface area contributed by atoms with Crippen molar-refractivity contribution in [2.24, 2.45) is 0 Å². The average molecular weight is 207 g/mol. The predicted octanol–water partition coefficient (Wildman–Crippen LogP) is 1.89. The molecule has 10 heavy (non-hydrogen) atoms. The molecule has 0 heterocycles. The molecule has 0 bridgehead atoms. The summed E-state index contributed by atoms with van der Waals surface area (Å²) in [5, 5.41) is 0.558. The molecular weight excluding hydrogens is 196 g/mol. The molecular formula is C7H11BrO2. The molecule has 0 N–H and O–H groups in total. The van der Waals surface area contributed by atoms with Gasteiger partial charge in [-0.1, -0.05) is 22.0 Å². The van der Waals surface area contributed by atoms with Crippen LogP contribution in [0.5, 0.6) is 0 Å². The SMILES string of the molecule is C/C=C(/CBr)C(=O)OCC. The average Bonchev–Trinajstić information content (AvgIpc) is 1.91. The Morgan fingerprint density at radius 2 is 2.30 bits per heavy atom. The Balaban J connectivity index is 3.91. The standard InChI is InChI=1S/C7H11BrO2/c1-3-6(5-8)7(9)10-4-2/h3H,4-5H2,1-2H3/b6-3-. The quantitative estimate of drug-likeness (QED) is 0.401. The Bertz CT molecular complexity index is 141. The summed E-state index contributed by atoms with van der Waals surface area (Å²) in [6.07, 6.45) is 1.74. The number of rotatable bonds is 3. The van der Waals surface area contributed by atoms with Gasteiger partial charge in [-0.2, -0.15) is 0 Å². The summed E-state index contributed by atoms with van der Waals surface area (Å²) in [7, 11) is 0. The van der Waals surface area contributed by atoms with Crippen molar-refractivity contribution in [1.82, 2.24) is 0 Å². The van der Waals surface area contributed by atoms with Crippen LogP contribution < -0.4 is 0 Å². The number of allylic oxidation sites excluding steroid dienone is 1. The lowest BCUT2D eigenvalue weighted by molar-refractivity contribution is -0.138. The third-order valence-corrected chi connectivity index (χ3v) is 1.63. The molecule has 0 saturated carbocycles. The van der Waals surface area contributed by atoms with E-state index < -0.39 is 0 Å². The van der Waals surface area contributed by atoms with Crippen molar-refractivity contribution in [3.8, 4) is 0 Å². The van der Waals surface area contributed by atoms with Crippen molar-refractivity contribution >= 4 is 21.9 Å². The molecule has 0 fully saturated rings. The normalized spacial score (nSPS) is 11.3. The van der Waals surface area contributed by atoms with E-state index in [2.05, 4.69) is 15.9 Å². The summed E-state index contributed by atoms with van der Waals surface area (Å²) in [5.74, 6) is -0.234. The van der Waals surface area contributed by atoms with E-state index in [9.17, 15) is 4.79 Å². The number of esters is 1. The highest BCUT2D eigenvalue weighted by Gasteiger charge is 2.05. The maximum atomic E-state index is 10.9. The van der Waals surface area contributed by atoms with E-state index in [0.717, 1.165) is 0 Å². The lowest BCUT2D eigenvalue weighted by Gasteiger charge is -2.00. The van der Waals surface area contributed by atoms with Gasteiger partial charge in [0.2, 0.25) is 0 Å². The molecule has 0 rings (SSSR count). The van der Waals surface area contributed by atoms with E-state index >= 15 is 0 Å². The van der Waals surface area contributed by atoms with Gasteiger partial charge in [-0.3, -0.25) is 0 Å². The molecule has 0 unspecified atom stereocenters. The van der Waals surface area contributed by atoms with Crippen molar-refractivity contribution < 1.29 is 9.53 Å². The first-order valence-electron chi connectivity index (χ1n) is 3.14. The van der Waals surface area contributed by atoms with E-state index in [4.69, 9.17) is 4.74 Å². The van der Waals surface area contributed by atoms with Gasteiger partial charge in [0.25, 0.3) is 0 Å². The Morgan fingerprint density at radius 3 is 2.60 bits per heavy atom. The van der Waals surface area contributed by atoms with Gasteiger partial charge in [0, 0.05) is 10.9 Å². The van der Waals surface area contributed by atoms with Gasteiger partial charge in [-0.05, 0) is 13.8 Å². The maximum absolute atomic E-state index is 10.9. The van der Waals surface area contributed by atoms with Crippen LogP contribution in [-0.4, -0.2) is 17.9 Å². The van der Waals surface area contributed by atoms with Crippen LogP contribution in [0.1, 0.15) is 13.8 Å². The van der Waals surface area contributed by atoms with Crippen LogP contribution in [0.4, 0.5) is 0 Å². The molecule has 0 spiro atoms. The zero-order valence-corrected chi connectivity index (χ0v) is 7.77. The molecule has 0 atom stereocenters. The van der Waals surface area contributed by atoms with Crippen molar-refractivity contribution in [3.63, 3.8) is 0 Å². The van der Waals surface area contributed by atoms with Crippen molar-refractivity contribution in [2.45, 2.75) is 13.8 Å². The minimum absolute atomic E-state index is 0.234. The van der Waals surface area contributed by atoms with E-state index in [0.29, 0.717) is 17.5 Å². The highest BCUT2D eigenvalue weighted by molar-refractivity contribution is 9.09. The monoisotopic (exact) mass is 206 g/mol. The van der Waals surface area contributed by atoms with Crippen LogP contribution >= 0.6 is 15.9 Å². The first-order valence-corrected chi connectivity index (χ1v) is 4.26. The molecule has 0 saturated heterocycles. The molecule has 0 aliphatic rings. The fraction of sp³-hybridized carbons (Fsp3) is 0.571. The molecule has 0 amide bonds. The number of ether oxygens (including phenoxy) is 1. The summed E-state index contributed by atoms with van der Waals surface area (Å²) in [4.78, 5) is 10.9. The molecule has 3 heteroatoms. The Morgan fingerprint density at radius 1 is 1.70 bits per heavy atom. The molecule has 58 valence electrons. The lowest BCUT2D eigenvalue weighted by Crippen LogP contribution is -2.07. The zero-order valence-electron chi connectivity index (χ0n) is 6.19. The minimum Gasteiger partial charge on any atom is -0.463 e. The van der Waals surface area contributed by atoms with Crippen molar-refractivity contribution in [1.29, 1.82) is 0 Å². The fourth-order valence-electron chi connectivity index (χ4n) is 0.473. The molecule has 0 aliphatic heterocycles. The number of carbonyl (C=O) groups excluding carboxylic acids is 1. The van der Waals surface area contributed by atoms with Crippen LogP contribution in [0.25, 0.3) is 0 Å². The number of alkyl halides is 1. The molecule has 2 nitrogen and oxygen atoms in total. The van der Waals surface area contributed by atoms with Gasteiger partial charge in [-0.15, -0.1) is 0 Å². The smallest absolute Gasteiger partial charge is 0.334 e. The topological polar surface area (TPSA) is 26.3 Å². The maximum Gasteiger partial charge on any atom is 0.334 e. The predicted molar refractivity (Wildman–Crippen MR) is 44.2 cm³/mol. The second kappa shape index (κ2) is 5.47. The summed E-state index contributed by atoms with van der Waals surface area (Å²) in [6.45, 7) is 4.04. The molecule has 0 aromatic rings. The van der Waals surface area contributed by atoms with Gasteiger partial charge >= 0.3 is 5.97 Å². The van der Waals surface area contributed by atoms with Crippen molar-refractivity contribution in [2.75, 3.05) is 11.9 Å². The van der Waals surface area contributed by atoms with Crippen LogP contribution in [-0.2, 0) is 9.53 Å². The lowest BCUT2D eigenvalue weighted by atomic mass is 10.3. The molecule has 0 aliphatic carbocycles. The molecule has 0 aromatic heterocycles. The van der Waals surface area contributed by atoms with E-state index in [1.807, 2.05) is 6.92 Å². The highest BCUT2D eigenvalue weighted by Crippen LogP contribution is 2.01. The van der Waals surface area contributed by atoms with Crippen molar-refractivity contribution in [3.05, 3.63) is 11.6 Å². The van der Waals surface area contributed by atoms with E-state index in [-0.39, 0.29) is 5.97 Å². The van der Waals surface area contributed by atoms with Gasteiger partial charge in [0.15, 0.2) is 0 Å². The largest absolute Gasteiger partial charge is 0.463 e. The number of halogens is 1. The number of carbonyl (C=O) groups is 1. The third kappa shape index (κ3) is 3.01. The minimum atomic E-state index is -0.234. The summed E-state index contributed by atoms with van der Waals surface area (Å²) in [6, 6.07) is 0. The van der Waals surface area contributed by atoms with Gasteiger partial charge in [0.1, 0.15) is 0 Å². The molecule has 0 radical (unpaired) electrons. The summed E-state index contributed by atoms with van der Waals surface area (Å²) < 4.78 is 4.75. The Labute approximate surface area is 69.4 Å². The molecule has 0 aromatic carbocycles. The fourth-order valence-corrected chi connectivity index (χ4v) is 1.03. The highest BCUT2D eigenvalue weighted by atomic mass is 79.9. The van der Waals surface area contributed by atoms with Gasteiger partial charge in [-0.25, -0.2) is 4.79 Å². The number of hydrogen-bond donors (Lipinski definition) is 0. The second-order valence-corrected chi connectivity index (χ2v) is 2.23. The van der Waals surface area contributed by atoms with Crippen LogP contribution in [0.3, 0.4) is 0 Å². The van der Waals surface area contributed by atoms with Crippen LogP contribution in [0.15, 0.2) is 11.6 Å². The third-order valence-electron chi connectivity index (χ3n) is 1.03. The summed E-state index contributed by atoms with van der Waals surface area (Å²) >= 11 is 3.18. The van der Waals surface area contributed by atoms with E-state index in [1.165, 1.54) is 0 Å². The van der Waals surface area contributed by atoms with Gasteiger partial charge in [0.05, 0.1) is 6.61 Å². The van der Waals surface area contributed by atoms with Crippen LogP contribution in [0.2, 0.25) is 0 Å². The van der Waals surface area contributed by atoms with Gasteiger partial charge < -0.3 is 4.74 Å². The van der Waals surface area contributed by atoms with E-state index in [1.54, 1.807) is 13.0 Å². The number of hydrogen-bond acceptors (Lipinski definition) is 2. The van der Waals surface area contributed by atoms with Crippen LogP contribution in [0, 0.1) is 0 Å². The summed E-state index contributed by atoms with van der Waals surface area (Å²) in [5.41, 5.74) is 0.668. The first kappa shape index (κ1) is 9.69. The Kier molecular flexibility index (Phi) is 5.30. The Hall–Kier alpha value is -0.310.